The summed E-state index contributed by atoms with van der Waals surface area (Å²) in [4.78, 5) is 0. The van der Waals surface area contributed by atoms with Gasteiger partial charge in [0.05, 0.1) is 5.56 Å². The minimum Gasteiger partial charge on any atom is -0.456 e. The summed E-state index contributed by atoms with van der Waals surface area (Å²) in [6.45, 7) is 6.34. The highest BCUT2D eigenvalue weighted by Gasteiger charge is 2.24. The van der Waals surface area contributed by atoms with Crippen molar-refractivity contribution < 1.29 is 4.74 Å². The van der Waals surface area contributed by atoms with Gasteiger partial charge in [0, 0.05) is 12.0 Å². The minimum absolute atomic E-state index is 0.112. The quantitative estimate of drug-likeness (QED) is 0.434. The van der Waals surface area contributed by atoms with Gasteiger partial charge in [-0.2, -0.15) is 5.26 Å². The van der Waals surface area contributed by atoms with Crippen molar-refractivity contribution in [1.82, 2.24) is 0 Å². The molecule has 0 radical (unpaired) electrons. The van der Waals surface area contributed by atoms with Gasteiger partial charge in [-0.1, -0.05) is 69.3 Å². The molecule has 0 atom stereocenters. The molecule has 0 spiro atoms. The largest absolute Gasteiger partial charge is 0.456 e. The lowest BCUT2D eigenvalue weighted by Gasteiger charge is -2.22. The predicted octanol–water partition coefficient (Wildman–Crippen LogP) is 6.22. The monoisotopic (exact) mass is 339 g/mol. The lowest BCUT2D eigenvalue weighted by atomic mass is 9.84. The van der Waals surface area contributed by atoms with E-state index in [0.717, 1.165) is 17.7 Å². The van der Waals surface area contributed by atoms with Crippen LogP contribution in [0.5, 0.6) is 11.5 Å². The van der Waals surface area contributed by atoms with E-state index in [-0.39, 0.29) is 5.41 Å². The first-order valence-electron chi connectivity index (χ1n) is 8.90. The third-order valence-corrected chi connectivity index (χ3v) is 4.97. The maximum absolute atomic E-state index is 9.75. The summed E-state index contributed by atoms with van der Waals surface area (Å²) in [5.41, 5.74) is 6.53. The first kappa shape index (κ1) is 16.4. The number of nitriles is 1. The zero-order valence-corrected chi connectivity index (χ0v) is 15.3. The van der Waals surface area contributed by atoms with Gasteiger partial charge in [0.25, 0.3) is 0 Å². The summed E-state index contributed by atoms with van der Waals surface area (Å²) in [5, 5.41) is 9.75. The average Bonchev–Trinajstić information content (AvgIpc) is 3.01. The third-order valence-electron chi connectivity index (χ3n) is 4.97. The Labute approximate surface area is 154 Å². The van der Waals surface area contributed by atoms with Crippen molar-refractivity contribution in [2.45, 2.75) is 32.6 Å². The molecule has 128 valence electrons. The van der Waals surface area contributed by atoms with Crippen molar-refractivity contribution in [3.63, 3.8) is 0 Å². The standard InChI is InChI=1S/C24H21NO/c1-24(2,3)21-11-7-13-23(20(21)15-25)26-22-12-6-10-18-17-9-5-4-8-16(17)14-19(18)22/h4-13H,14H2,1-3H3. The summed E-state index contributed by atoms with van der Waals surface area (Å²) < 4.78 is 6.29. The van der Waals surface area contributed by atoms with Gasteiger partial charge in [-0.05, 0) is 39.8 Å². The molecule has 0 aliphatic heterocycles. The Hall–Kier alpha value is -3.05. The Kier molecular flexibility index (Phi) is 3.81. The van der Waals surface area contributed by atoms with Crippen molar-refractivity contribution in [3.05, 3.63) is 82.9 Å². The van der Waals surface area contributed by atoms with Gasteiger partial charge in [0.15, 0.2) is 0 Å². The van der Waals surface area contributed by atoms with Crippen molar-refractivity contribution in [3.8, 4) is 28.7 Å². The number of rotatable bonds is 2. The van der Waals surface area contributed by atoms with Gasteiger partial charge in [0.1, 0.15) is 17.6 Å². The average molecular weight is 339 g/mol. The van der Waals surface area contributed by atoms with Crippen LogP contribution in [0.4, 0.5) is 0 Å². The molecule has 0 saturated heterocycles. The first-order valence-corrected chi connectivity index (χ1v) is 8.90. The molecule has 0 amide bonds. The molecule has 0 aromatic heterocycles. The third kappa shape index (κ3) is 2.66. The summed E-state index contributed by atoms with van der Waals surface area (Å²) in [5.74, 6) is 1.46. The van der Waals surface area contributed by atoms with Gasteiger partial charge in [-0.3, -0.25) is 0 Å². The topological polar surface area (TPSA) is 33.0 Å². The minimum atomic E-state index is -0.112. The predicted molar refractivity (Wildman–Crippen MR) is 105 cm³/mol. The first-order chi connectivity index (χ1) is 12.5. The van der Waals surface area contributed by atoms with Crippen molar-refractivity contribution >= 4 is 0 Å². The highest BCUT2D eigenvalue weighted by Crippen LogP contribution is 2.43. The fourth-order valence-corrected chi connectivity index (χ4v) is 3.70. The number of hydrogen-bond acceptors (Lipinski definition) is 2. The Morgan fingerprint density at radius 2 is 1.54 bits per heavy atom. The highest BCUT2D eigenvalue weighted by atomic mass is 16.5. The smallest absolute Gasteiger partial charge is 0.145 e. The van der Waals surface area contributed by atoms with Crippen LogP contribution in [0, 0.1) is 11.3 Å². The number of hydrogen-bond donors (Lipinski definition) is 0. The number of fused-ring (bicyclic) bond motifs is 3. The lowest BCUT2D eigenvalue weighted by Crippen LogP contribution is -2.13. The Morgan fingerprint density at radius 1 is 0.846 bits per heavy atom. The van der Waals surface area contributed by atoms with Gasteiger partial charge in [0.2, 0.25) is 0 Å². The Balaban J connectivity index is 1.79. The van der Waals surface area contributed by atoms with Crippen LogP contribution in [-0.4, -0.2) is 0 Å². The summed E-state index contributed by atoms with van der Waals surface area (Å²) in [7, 11) is 0. The van der Waals surface area contributed by atoms with E-state index in [4.69, 9.17) is 4.74 Å². The Morgan fingerprint density at radius 3 is 2.31 bits per heavy atom. The normalized spacial score (nSPS) is 12.2. The molecule has 3 aromatic rings. The van der Waals surface area contributed by atoms with Crippen molar-refractivity contribution in [2.75, 3.05) is 0 Å². The number of nitrogens with zero attached hydrogens (tertiary/aromatic N) is 1. The number of benzene rings is 3. The molecule has 0 bridgehead atoms. The van der Waals surface area contributed by atoms with Crippen LogP contribution in [0.15, 0.2) is 60.7 Å². The van der Waals surface area contributed by atoms with Gasteiger partial charge in [-0.25, -0.2) is 0 Å². The van der Waals surface area contributed by atoms with Gasteiger partial charge < -0.3 is 4.74 Å². The molecular formula is C24H21NO. The second kappa shape index (κ2) is 6.04. The van der Waals surface area contributed by atoms with Crippen LogP contribution in [0.2, 0.25) is 0 Å². The summed E-state index contributed by atoms with van der Waals surface area (Å²) >= 11 is 0. The van der Waals surface area contributed by atoms with Crippen LogP contribution in [-0.2, 0) is 11.8 Å². The maximum atomic E-state index is 9.75. The van der Waals surface area contributed by atoms with E-state index in [1.54, 1.807) is 0 Å². The highest BCUT2D eigenvalue weighted by molar-refractivity contribution is 5.79. The molecule has 2 nitrogen and oxygen atoms in total. The van der Waals surface area contributed by atoms with Crippen LogP contribution < -0.4 is 4.74 Å². The van der Waals surface area contributed by atoms with Crippen molar-refractivity contribution in [2.24, 2.45) is 0 Å². The van der Waals surface area contributed by atoms with Gasteiger partial charge in [-0.15, -0.1) is 0 Å². The molecule has 0 heterocycles. The maximum Gasteiger partial charge on any atom is 0.145 e. The molecule has 3 aromatic carbocycles. The van der Waals surface area contributed by atoms with Crippen molar-refractivity contribution in [1.29, 1.82) is 5.26 Å². The summed E-state index contributed by atoms with van der Waals surface area (Å²) in [6.07, 6.45) is 0.864. The Bertz CT molecular complexity index is 1030. The fraction of sp³-hybridized carbons (Fsp3) is 0.208. The van der Waals surface area contributed by atoms with E-state index in [0.29, 0.717) is 11.3 Å². The molecule has 26 heavy (non-hydrogen) atoms. The van der Waals surface area contributed by atoms with E-state index in [1.165, 1.54) is 22.3 Å². The van der Waals surface area contributed by atoms with Crippen LogP contribution in [0.3, 0.4) is 0 Å². The molecular weight excluding hydrogens is 318 g/mol. The molecule has 1 aliphatic carbocycles. The molecule has 0 saturated carbocycles. The van der Waals surface area contributed by atoms with E-state index in [9.17, 15) is 5.26 Å². The molecule has 2 heteroatoms. The van der Waals surface area contributed by atoms with E-state index in [2.05, 4.69) is 57.2 Å². The van der Waals surface area contributed by atoms with E-state index in [1.807, 2.05) is 30.3 Å². The summed E-state index contributed by atoms with van der Waals surface area (Å²) in [6, 6.07) is 22.8. The molecule has 0 fully saturated rings. The molecule has 1 aliphatic rings. The lowest BCUT2D eigenvalue weighted by molar-refractivity contribution is 0.472. The SMILES string of the molecule is CC(C)(C)c1cccc(Oc2cccc3c2Cc2ccccc2-3)c1C#N. The fourth-order valence-electron chi connectivity index (χ4n) is 3.70. The number of ether oxygens (including phenoxy) is 1. The zero-order chi connectivity index (χ0) is 18.3. The van der Waals surface area contributed by atoms with Gasteiger partial charge >= 0.3 is 0 Å². The second-order valence-corrected chi connectivity index (χ2v) is 7.76. The van der Waals surface area contributed by atoms with Crippen LogP contribution >= 0.6 is 0 Å². The molecule has 4 rings (SSSR count). The van der Waals surface area contributed by atoms with Crippen LogP contribution in [0.25, 0.3) is 11.1 Å². The van der Waals surface area contributed by atoms with E-state index >= 15 is 0 Å². The second-order valence-electron chi connectivity index (χ2n) is 7.76. The molecule has 0 unspecified atom stereocenters. The zero-order valence-electron chi connectivity index (χ0n) is 15.3. The molecule has 0 N–H and O–H groups in total. The van der Waals surface area contributed by atoms with E-state index < -0.39 is 0 Å². The van der Waals surface area contributed by atoms with Crippen LogP contribution in [0.1, 0.15) is 43.0 Å².